The highest BCUT2D eigenvalue weighted by Crippen LogP contribution is 2.23. The van der Waals surface area contributed by atoms with Gasteiger partial charge in [0.25, 0.3) is 5.56 Å². The van der Waals surface area contributed by atoms with Crippen LogP contribution >= 0.6 is 11.8 Å². The van der Waals surface area contributed by atoms with E-state index in [4.69, 9.17) is 10.7 Å². The molecule has 1 heterocycles. The lowest BCUT2D eigenvalue weighted by Gasteiger charge is -2.13. The van der Waals surface area contributed by atoms with E-state index in [-0.39, 0.29) is 5.56 Å². The highest BCUT2D eigenvalue weighted by atomic mass is 32.2. The van der Waals surface area contributed by atoms with Crippen LogP contribution in [0.1, 0.15) is 21.5 Å². The van der Waals surface area contributed by atoms with E-state index in [0.29, 0.717) is 33.9 Å². The van der Waals surface area contributed by atoms with Gasteiger partial charge in [-0.15, -0.1) is 0 Å². The summed E-state index contributed by atoms with van der Waals surface area (Å²) >= 11 is 1.47. The van der Waals surface area contributed by atoms with Crippen molar-refractivity contribution < 1.29 is 4.79 Å². The predicted octanol–water partition coefficient (Wildman–Crippen LogP) is 3.84. The summed E-state index contributed by atoms with van der Waals surface area (Å²) in [6.07, 6.45) is 0. The molecule has 4 aromatic rings. The third kappa shape index (κ3) is 4.22. The number of rotatable bonds is 6. The molecule has 0 unspecified atom stereocenters. The van der Waals surface area contributed by atoms with Crippen molar-refractivity contribution in [3.05, 3.63) is 106 Å². The van der Waals surface area contributed by atoms with Crippen LogP contribution in [0.25, 0.3) is 10.9 Å². The van der Waals surface area contributed by atoms with Crippen LogP contribution in [0.2, 0.25) is 0 Å². The van der Waals surface area contributed by atoms with Crippen LogP contribution in [-0.4, -0.2) is 15.5 Å². The normalized spacial score (nSPS) is 10.9. The molecule has 0 aliphatic carbocycles. The van der Waals surface area contributed by atoms with Gasteiger partial charge in [-0.1, -0.05) is 66.4 Å². The van der Waals surface area contributed by atoms with Crippen LogP contribution in [0.4, 0.5) is 0 Å². The van der Waals surface area contributed by atoms with Gasteiger partial charge in [0.05, 0.1) is 17.4 Å². The molecule has 0 bridgehead atoms. The average molecular weight is 401 g/mol. The molecule has 0 fully saturated rings. The first-order valence-corrected chi connectivity index (χ1v) is 10.2. The van der Waals surface area contributed by atoms with Crippen molar-refractivity contribution in [2.75, 3.05) is 0 Å². The number of nitrogens with zero attached hydrogens (tertiary/aromatic N) is 2. The maximum Gasteiger partial charge on any atom is 0.262 e. The number of hydrogen-bond acceptors (Lipinski definition) is 4. The topological polar surface area (TPSA) is 78.0 Å². The molecule has 3 aromatic carbocycles. The minimum absolute atomic E-state index is 0.0622. The largest absolute Gasteiger partial charge is 0.366 e. The Morgan fingerprint density at radius 2 is 1.66 bits per heavy atom. The number of carbonyl (C=O) groups excluding carboxylic acids is 1. The highest BCUT2D eigenvalue weighted by molar-refractivity contribution is 7.98. The quantitative estimate of drug-likeness (QED) is 0.393. The zero-order valence-corrected chi connectivity index (χ0v) is 16.4. The maximum atomic E-state index is 13.2. The van der Waals surface area contributed by atoms with Gasteiger partial charge in [-0.25, -0.2) is 4.98 Å². The number of benzene rings is 3. The van der Waals surface area contributed by atoms with Crippen LogP contribution in [0.15, 0.2) is 88.8 Å². The van der Waals surface area contributed by atoms with Crippen molar-refractivity contribution in [2.45, 2.75) is 17.5 Å². The number of aromatic nitrogens is 2. The van der Waals surface area contributed by atoms with Crippen molar-refractivity contribution in [3.8, 4) is 0 Å². The van der Waals surface area contributed by atoms with Gasteiger partial charge in [-0.3, -0.25) is 14.2 Å². The Balaban J connectivity index is 1.72. The molecule has 2 N–H and O–H groups in total. The number of amides is 1. The second kappa shape index (κ2) is 8.32. The van der Waals surface area contributed by atoms with E-state index in [0.717, 1.165) is 11.1 Å². The molecular weight excluding hydrogens is 382 g/mol. The minimum atomic E-state index is -0.457. The first-order chi connectivity index (χ1) is 14.1. The molecule has 5 nitrogen and oxygen atoms in total. The lowest BCUT2D eigenvalue weighted by molar-refractivity contribution is 0.1000. The molecule has 1 amide bonds. The zero-order chi connectivity index (χ0) is 20.2. The number of hydrogen-bond donors (Lipinski definition) is 1. The molecule has 0 radical (unpaired) electrons. The van der Waals surface area contributed by atoms with E-state index in [2.05, 4.69) is 0 Å². The second-order valence-corrected chi connectivity index (χ2v) is 7.58. The first kappa shape index (κ1) is 19.0. The van der Waals surface area contributed by atoms with Crippen LogP contribution in [0.5, 0.6) is 0 Å². The summed E-state index contributed by atoms with van der Waals surface area (Å²) in [4.78, 5) is 29.3. The van der Waals surface area contributed by atoms with Crippen LogP contribution in [0.3, 0.4) is 0 Å². The van der Waals surface area contributed by atoms with Crippen molar-refractivity contribution >= 4 is 28.6 Å². The SMILES string of the molecule is NC(=O)c1cccc(CSc2nc3ccccc3c(=O)n2Cc2ccccc2)c1. The standard InChI is InChI=1S/C23H19N3O2S/c24-21(27)18-10-6-9-17(13-18)15-29-23-25-20-12-5-4-11-19(20)22(28)26(23)14-16-7-2-1-3-8-16/h1-13H,14-15H2,(H2,24,27). The first-order valence-electron chi connectivity index (χ1n) is 9.17. The Labute approximate surface area is 172 Å². The molecular formula is C23H19N3O2S. The summed E-state index contributed by atoms with van der Waals surface area (Å²) in [7, 11) is 0. The molecule has 0 spiro atoms. The van der Waals surface area contributed by atoms with Gasteiger partial charge in [0.15, 0.2) is 5.16 Å². The number of carbonyl (C=O) groups is 1. The number of fused-ring (bicyclic) bond motifs is 1. The Kier molecular flexibility index (Phi) is 5.44. The molecule has 0 aliphatic rings. The summed E-state index contributed by atoms with van der Waals surface area (Å²) < 4.78 is 1.71. The Bertz CT molecular complexity index is 1240. The molecule has 144 valence electrons. The molecule has 4 rings (SSSR count). The molecule has 29 heavy (non-hydrogen) atoms. The molecule has 0 atom stereocenters. The van der Waals surface area contributed by atoms with Crippen LogP contribution in [-0.2, 0) is 12.3 Å². The monoisotopic (exact) mass is 401 g/mol. The smallest absolute Gasteiger partial charge is 0.262 e. The van der Waals surface area contributed by atoms with Gasteiger partial charge in [-0.05, 0) is 35.4 Å². The lowest BCUT2D eigenvalue weighted by Crippen LogP contribution is -2.24. The number of nitrogens with two attached hydrogens (primary N) is 1. The van der Waals surface area contributed by atoms with Crippen molar-refractivity contribution in [2.24, 2.45) is 5.73 Å². The molecule has 0 saturated heterocycles. The molecule has 0 saturated carbocycles. The fourth-order valence-electron chi connectivity index (χ4n) is 3.13. The van der Waals surface area contributed by atoms with E-state index >= 15 is 0 Å². The Hall–Kier alpha value is -3.38. The van der Waals surface area contributed by atoms with E-state index in [1.807, 2.05) is 54.6 Å². The third-order valence-corrected chi connectivity index (χ3v) is 5.64. The van der Waals surface area contributed by atoms with Crippen molar-refractivity contribution in [3.63, 3.8) is 0 Å². The summed E-state index contributed by atoms with van der Waals surface area (Å²) in [6.45, 7) is 0.446. The van der Waals surface area contributed by atoms with E-state index < -0.39 is 5.91 Å². The van der Waals surface area contributed by atoms with Crippen LogP contribution < -0.4 is 11.3 Å². The predicted molar refractivity (Wildman–Crippen MR) is 116 cm³/mol. The molecule has 6 heteroatoms. The number of para-hydroxylation sites is 1. The fourth-order valence-corrected chi connectivity index (χ4v) is 4.07. The fraction of sp³-hybridized carbons (Fsp3) is 0.0870. The van der Waals surface area contributed by atoms with Crippen molar-refractivity contribution in [1.29, 1.82) is 0 Å². The average Bonchev–Trinajstić information content (AvgIpc) is 2.75. The summed E-state index contributed by atoms with van der Waals surface area (Å²) in [5.41, 5.74) is 8.44. The van der Waals surface area contributed by atoms with Crippen molar-refractivity contribution in [1.82, 2.24) is 9.55 Å². The summed E-state index contributed by atoms with van der Waals surface area (Å²) in [5.74, 6) is 0.113. The maximum absolute atomic E-state index is 13.2. The minimum Gasteiger partial charge on any atom is -0.366 e. The van der Waals surface area contributed by atoms with E-state index in [9.17, 15) is 9.59 Å². The third-order valence-electron chi connectivity index (χ3n) is 4.59. The van der Waals surface area contributed by atoms with Gasteiger partial charge in [0.1, 0.15) is 0 Å². The van der Waals surface area contributed by atoms with Gasteiger partial charge in [-0.2, -0.15) is 0 Å². The molecule has 0 aliphatic heterocycles. The Morgan fingerprint density at radius 1 is 0.931 bits per heavy atom. The van der Waals surface area contributed by atoms with Gasteiger partial charge < -0.3 is 5.73 Å². The lowest BCUT2D eigenvalue weighted by atomic mass is 10.1. The summed E-state index contributed by atoms with van der Waals surface area (Å²) in [6, 6.07) is 24.4. The number of primary amides is 1. The zero-order valence-electron chi connectivity index (χ0n) is 15.6. The highest BCUT2D eigenvalue weighted by Gasteiger charge is 2.12. The second-order valence-electron chi connectivity index (χ2n) is 6.64. The van der Waals surface area contributed by atoms with Gasteiger partial charge in [0, 0.05) is 11.3 Å². The van der Waals surface area contributed by atoms with E-state index in [1.165, 1.54) is 11.8 Å². The number of thioether (sulfide) groups is 1. The van der Waals surface area contributed by atoms with Crippen LogP contribution in [0, 0.1) is 0 Å². The van der Waals surface area contributed by atoms with Gasteiger partial charge in [0.2, 0.25) is 5.91 Å². The van der Waals surface area contributed by atoms with E-state index in [1.54, 1.807) is 28.8 Å². The van der Waals surface area contributed by atoms with Gasteiger partial charge >= 0.3 is 0 Å². The molecule has 1 aromatic heterocycles. The summed E-state index contributed by atoms with van der Waals surface area (Å²) in [5, 5.41) is 1.24. The Morgan fingerprint density at radius 3 is 2.45 bits per heavy atom.